The van der Waals surface area contributed by atoms with Gasteiger partial charge in [0.1, 0.15) is 24.7 Å². The second kappa shape index (κ2) is 14.1. The average molecular weight is 559 g/mol. The van der Waals surface area contributed by atoms with Crippen LogP contribution >= 0.6 is 0 Å². The summed E-state index contributed by atoms with van der Waals surface area (Å²) in [5.74, 6) is 1.19. The largest absolute Gasteiger partial charge is 0.497 e. The number of carbonyl (C=O) groups excluding carboxylic acids is 1. The highest BCUT2D eigenvalue weighted by atomic mass is 32.2. The summed E-state index contributed by atoms with van der Waals surface area (Å²) < 4.78 is 46.3. The number of imidazole rings is 1. The first-order chi connectivity index (χ1) is 18.6. The van der Waals surface area contributed by atoms with Crippen molar-refractivity contribution in [2.24, 2.45) is 0 Å². The van der Waals surface area contributed by atoms with Crippen molar-refractivity contribution >= 4 is 15.9 Å². The van der Waals surface area contributed by atoms with Crippen molar-refractivity contribution in [3.63, 3.8) is 0 Å². The van der Waals surface area contributed by atoms with Gasteiger partial charge < -0.3 is 23.7 Å². The maximum atomic E-state index is 13.2. The number of rotatable bonds is 15. The van der Waals surface area contributed by atoms with E-state index < -0.39 is 10.0 Å². The number of nitrogens with zero attached hydrogens (tertiary/aromatic N) is 4. The number of aryl methyl sites for hydroxylation is 2. The zero-order chi connectivity index (χ0) is 28.4. The van der Waals surface area contributed by atoms with Crippen LogP contribution in [0.1, 0.15) is 23.6 Å². The summed E-state index contributed by atoms with van der Waals surface area (Å²) in [5.41, 5.74) is 2.29. The van der Waals surface area contributed by atoms with Crippen LogP contribution in [-0.4, -0.2) is 80.7 Å². The molecule has 10 nitrogen and oxygen atoms in total. The van der Waals surface area contributed by atoms with E-state index in [9.17, 15) is 13.2 Å². The first-order valence-electron chi connectivity index (χ1n) is 12.8. The van der Waals surface area contributed by atoms with Gasteiger partial charge in [0, 0.05) is 39.6 Å². The maximum absolute atomic E-state index is 13.2. The lowest BCUT2D eigenvalue weighted by atomic mass is 10.1. The third-order valence-electron chi connectivity index (χ3n) is 6.33. The number of likely N-dealkylation sites (N-methyl/N-ethyl adjacent to an activating group) is 2. The Kier molecular flexibility index (Phi) is 10.9. The van der Waals surface area contributed by atoms with Gasteiger partial charge in [-0.2, -0.15) is 4.31 Å². The van der Waals surface area contributed by atoms with Gasteiger partial charge in [0.2, 0.25) is 15.9 Å². The Morgan fingerprint density at radius 3 is 2.46 bits per heavy atom. The van der Waals surface area contributed by atoms with Crippen molar-refractivity contribution in [3.05, 3.63) is 71.8 Å². The molecule has 39 heavy (non-hydrogen) atoms. The van der Waals surface area contributed by atoms with Crippen LogP contribution in [0.25, 0.3) is 0 Å². The van der Waals surface area contributed by atoms with E-state index in [1.807, 2.05) is 42.0 Å². The second-order valence-electron chi connectivity index (χ2n) is 9.21. The molecule has 3 rings (SSSR count). The van der Waals surface area contributed by atoms with Crippen molar-refractivity contribution in [3.8, 4) is 11.5 Å². The van der Waals surface area contributed by atoms with E-state index >= 15 is 0 Å². The van der Waals surface area contributed by atoms with Crippen LogP contribution in [0.3, 0.4) is 0 Å². The number of methoxy groups -OCH3 is 1. The first-order valence-corrected chi connectivity index (χ1v) is 14.2. The summed E-state index contributed by atoms with van der Waals surface area (Å²) in [7, 11) is 1.05. The molecule has 1 heterocycles. The molecule has 0 N–H and O–H groups in total. The van der Waals surface area contributed by atoms with Crippen molar-refractivity contribution in [1.82, 2.24) is 18.8 Å². The molecule has 0 atom stereocenters. The molecule has 0 fully saturated rings. The number of ether oxygens (including phenoxy) is 3. The minimum Gasteiger partial charge on any atom is -0.497 e. The molecule has 0 radical (unpaired) electrons. The van der Waals surface area contributed by atoms with E-state index in [0.29, 0.717) is 47.9 Å². The molecule has 3 aromatic rings. The topological polar surface area (TPSA) is 103 Å². The fraction of sp³-hybridized carbons (Fsp3) is 0.429. The molecular weight excluding hydrogens is 520 g/mol. The highest BCUT2D eigenvalue weighted by Crippen LogP contribution is 2.28. The highest BCUT2D eigenvalue weighted by Gasteiger charge is 2.26. The quantitative estimate of drug-likeness (QED) is 0.264. The Hall–Kier alpha value is -3.41. The predicted octanol–water partition coefficient (Wildman–Crippen LogP) is 3.14. The van der Waals surface area contributed by atoms with Crippen LogP contribution in [0.15, 0.2) is 60.0 Å². The number of benzene rings is 2. The van der Waals surface area contributed by atoms with Gasteiger partial charge in [0.05, 0.1) is 31.5 Å². The number of hydrogen-bond donors (Lipinski definition) is 0. The van der Waals surface area contributed by atoms with Gasteiger partial charge in [0.15, 0.2) is 0 Å². The smallest absolute Gasteiger partial charge is 0.248 e. The standard InChI is InChI=1S/C28H38N4O6S/c1-6-24-18-26(36-5)17-22(2)28(24)39(34,35)31(4)13-15-37-20-27(33)30(3)19-23-7-9-25(10-8-23)38-16-14-32-12-11-29-21-32/h7-12,17-18,21H,6,13-16,19-20H2,1-5H3. The van der Waals surface area contributed by atoms with Crippen molar-refractivity contribution < 1.29 is 27.4 Å². The normalized spacial score (nSPS) is 11.5. The minimum absolute atomic E-state index is 0.0943. The van der Waals surface area contributed by atoms with Crippen molar-refractivity contribution in [1.29, 1.82) is 0 Å². The summed E-state index contributed by atoms with van der Waals surface area (Å²) in [6.07, 6.45) is 5.91. The van der Waals surface area contributed by atoms with Crippen LogP contribution in [0.2, 0.25) is 0 Å². The number of sulfonamides is 1. The fourth-order valence-electron chi connectivity index (χ4n) is 4.04. The molecule has 0 saturated carbocycles. The average Bonchev–Trinajstić information content (AvgIpc) is 3.44. The molecule has 0 unspecified atom stereocenters. The van der Waals surface area contributed by atoms with E-state index in [-0.39, 0.29) is 25.7 Å². The monoisotopic (exact) mass is 558 g/mol. The molecule has 2 aromatic carbocycles. The number of carbonyl (C=O) groups is 1. The fourth-order valence-corrected chi connectivity index (χ4v) is 5.67. The molecule has 11 heteroatoms. The number of amides is 1. The van der Waals surface area contributed by atoms with Crippen LogP contribution in [0.4, 0.5) is 0 Å². The molecule has 0 aliphatic heterocycles. The third-order valence-corrected chi connectivity index (χ3v) is 8.44. The van der Waals surface area contributed by atoms with Gasteiger partial charge in [-0.05, 0) is 54.3 Å². The lowest BCUT2D eigenvalue weighted by Crippen LogP contribution is -2.33. The Bertz CT molecular complexity index is 1310. The zero-order valence-electron chi connectivity index (χ0n) is 23.3. The van der Waals surface area contributed by atoms with E-state index in [4.69, 9.17) is 14.2 Å². The number of hydrogen-bond acceptors (Lipinski definition) is 7. The van der Waals surface area contributed by atoms with E-state index in [0.717, 1.165) is 11.3 Å². The van der Waals surface area contributed by atoms with Gasteiger partial charge in [-0.25, -0.2) is 13.4 Å². The van der Waals surface area contributed by atoms with Crippen LogP contribution in [0.5, 0.6) is 11.5 Å². The predicted molar refractivity (Wildman–Crippen MR) is 148 cm³/mol. The van der Waals surface area contributed by atoms with Crippen LogP contribution < -0.4 is 9.47 Å². The molecule has 0 aliphatic carbocycles. The van der Waals surface area contributed by atoms with Gasteiger partial charge in [-0.1, -0.05) is 19.1 Å². The van der Waals surface area contributed by atoms with Crippen molar-refractivity contribution in [2.45, 2.75) is 38.3 Å². The zero-order valence-corrected chi connectivity index (χ0v) is 24.1. The molecule has 212 valence electrons. The maximum Gasteiger partial charge on any atom is 0.248 e. The van der Waals surface area contributed by atoms with E-state index in [1.54, 1.807) is 50.6 Å². The Balaban J connectivity index is 1.43. The molecule has 0 spiro atoms. The Morgan fingerprint density at radius 2 is 1.82 bits per heavy atom. The van der Waals surface area contributed by atoms with Gasteiger partial charge in [-0.15, -0.1) is 0 Å². The van der Waals surface area contributed by atoms with Gasteiger partial charge >= 0.3 is 0 Å². The summed E-state index contributed by atoms with van der Waals surface area (Å²) in [6, 6.07) is 11.1. The second-order valence-corrected chi connectivity index (χ2v) is 11.2. The summed E-state index contributed by atoms with van der Waals surface area (Å²) in [6.45, 7) is 5.41. The molecule has 0 bridgehead atoms. The molecule has 1 aromatic heterocycles. The van der Waals surface area contributed by atoms with E-state index in [1.165, 1.54) is 11.4 Å². The van der Waals surface area contributed by atoms with Crippen LogP contribution in [0, 0.1) is 6.92 Å². The lowest BCUT2D eigenvalue weighted by Gasteiger charge is -2.22. The van der Waals surface area contributed by atoms with Crippen molar-refractivity contribution in [2.75, 3.05) is 47.6 Å². The molecular formula is C28H38N4O6S. The summed E-state index contributed by atoms with van der Waals surface area (Å²) >= 11 is 0. The molecule has 0 aliphatic rings. The SMILES string of the molecule is CCc1cc(OC)cc(C)c1S(=O)(=O)N(C)CCOCC(=O)N(C)Cc1ccc(OCCn2ccnc2)cc1. The summed E-state index contributed by atoms with van der Waals surface area (Å²) in [5, 5.41) is 0. The van der Waals surface area contributed by atoms with Gasteiger partial charge in [-0.3, -0.25) is 4.79 Å². The molecule has 0 saturated heterocycles. The Morgan fingerprint density at radius 1 is 1.08 bits per heavy atom. The summed E-state index contributed by atoms with van der Waals surface area (Å²) in [4.78, 5) is 18.4. The Labute approximate surface area is 231 Å². The third kappa shape index (κ3) is 8.29. The van der Waals surface area contributed by atoms with E-state index in [2.05, 4.69) is 4.98 Å². The molecule has 1 amide bonds. The lowest BCUT2D eigenvalue weighted by molar-refractivity contribution is -0.135. The number of aromatic nitrogens is 2. The highest BCUT2D eigenvalue weighted by molar-refractivity contribution is 7.89. The van der Waals surface area contributed by atoms with Gasteiger partial charge in [0.25, 0.3) is 0 Å². The first kappa shape index (κ1) is 30.1. The van der Waals surface area contributed by atoms with Crippen LogP contribution in [-0.2, 0) is 39.1 Å². The minimum atomic E-state index is -3.73.